The molecule has 1 N–H and O–H groups in total. The summed E-state index contributed by atoms with van der Waals surface area (Å²) >= 11 is 0. The Morgan fingerprint density at radius 1 is 1.22 bits per heavy atom. The summed E-state index contributed by atoms with van der Waals surface area (Å²) in [6.45, 7) is 12.6. The first kappa shape index (κ1) is 16.2. The summed E-state index contributed by atoms with van der Waals surface area (Å²) in [4.78, 5) is 0. The van der Waals surface area contributed by atoms with E-state index in [-0.39, 0.29) is 18.3 Å². The number of ether oxygens (including phenoxy) is 1. The molecule has 3 nitrogen and oxygen atoms in total. The van der Waals surface area contributed by atoms with Gasteiger partial charge in [-0.2, -0.15) is 0 Å². The molecule has 0 aromatic heterocycles. The summed E-state index contributed by atoms with van der Waals surface area (Å²) in [7, 11) is -1.67. The molecule has 1 fully saturated rings. The van der Waals surface area contributed by atoms with Crippen molar-refractivity contribution >= 4 is 8.32 Å². The first-order chi connectivity index (χ1) is 8.36. The third-order valence-corrected chi connectivity index (χ3v) is 9.29. The molecular formula is C14H30O3Si. The summed E-state index contributed by atoms with van der Waals surface area (Å²) < 4.78 is 11.9. The maximum atomic E-state index is 10.7. The Balaban J connectivity index is 2.77. The molecule has 0 aliphatic carbocycles. The molecule has 1 aliphatic heterocycles. The van der Waals surface area contributed by atoms with Crippen LogP contribution in [0.5, 0.6) is 0 Å². The van der Waals surface area contributed by atoms with Crippen molar-refractivity contribution in [2.75, 3.05) is 0 Å². The quantitative estimate of drug-likeness (QED) is 0.545. The molecule has 1 aliphatic rings. The SMILES string of the molecule is CC[C@@H](O[Si](CC)(CC)CC)[C@@](C)(O)[C@@H]1O[C@H]1C. The Bertz CT molecular complexity index is 256. The number of rotatable bonds is 8. The molecule has 18 heavy (non-hydrogen) atoms. The van der Waals surface area contributed by atoms with E-state index >= 15 is 0 Å². The first-order valence-corrected chi connectivity index (χ1v) is 9.95. The lowest BCUT2D eigenvalue weighted by Crippen LogP contribution is -2.52. The fourth-order valence-electron chi connectivity index (χ4n) is 2.90. The van der Waals surface area contributed by atoms with Crippen LogP contribution >= 0.6 is 0 Å². The van der Waals surface area contributed by atoms with Gasteiger partial charge in [0.15, 0.2) is 8.32 Å². The lowest BCUT2D eigenvalue weighted by atomic mass is 9.92. The van der Waals surface area contributed by atoms with Crippen LogP contribution in [0.25, 0.3) is 0 Å². The Morgan fingerprint density at radius 2 is 1.67 bits per heavy atom. The van der Waals surface area contributed by atoms with E-state index < -0.39 is 13.9 Å². The Kier molecular flexibility index (Phi) is 5.41. The predicted molar refractivity (Wildman–Crippen MR) is 77.3 cm³/mol. The van der Waals surface area contributed by atoms with Crippen LogP contribution in [0.3, 0.4) is 0 Å². The maximum absolute atomic E-state index is 10.7. The molecule has 0 bridgehead atoms. The molecule has 0 radical (unpaired) electrons. The summed E-state index contributed by atoms with van der Waals surface area (Å²) in [5, 5.41) is 10.7. The van der Waals surface area contributed by atoms with Crippen LogP contribution < -0.4 is 0 Å². The van der Waals surface area contributed by atoms with E-state index in [1.165, 1.54) is 0 Å². The van der Waals surface area contributed by atoms with Crippen LogP contribution in [0, 0.1) is 0 Å². The second kappa shape index (κ2) is 6.03. The Morgan fingerprint density at radius 3 is 1.94 bits per heavy atom. The Hall–Kier alpha value is 0.0969. The van der Waals surface area contributed by atoms with Gasteiger partial charge in [0.2, 0.25) is 0 Å². The third kappa shape index (κ3) is 3.16. The normalized spacial score (nSPS) is 28.8. The van der Waals surface area contributed by atoms with E-state index in [0.717, 1.165) is 24.6 Å². The molecule has 0 amide bonds. The number of aliphatic hydroxyl groups is 1. The third-order valence-electron chi connectivity index (χ3n) is 4.63. The van der Waals surface area contributed by atoms with Gasteiger partial charge in [0.25, 0.3) is 0 Å². The molecule has 1 saturated heterocycles. The maximum Gasteiger partial charge on any atom is 0.192 e. The molecule has 0 aromatic rings. The lowest BCUT2D eigenvalue weighted by molar-refractivity contribution is -0.0716. The Labute approximate surface area is 113 Å². The smallest absolute Gasteiger partial charge is 0.192 e. The minimum Gasteiger partial charge on any atom is -0.411 e. The monoisotopic (exact) mass is 274 g/mol. The zero-order chi connectivity index (χ0) is 14.0. The van der Waals surface area contributed by atoms with Crippen LogP contribution in [-0.2, 0) is 9.16 Å². The molecule has 1 rings (SSSR count). The number of hydrogen-bond acceptors (Lipinski definition) is 3. The van der Waals surface area contributed by atoms with E-state index in [9.17, 15) is 5.11 Å². The lowest BCUT2D eigenvalue weighted by Gasteiger charge is -2.39. The summed E-state index contributed by atoms with van der Waals surface area (Å²) in [5.41, 5.74) is -0.855. The van der Waals surface area contributed by atoms with Crippen LogP contribution in [0.2, 0.25) is 18.1 Å². The van der Waals surface area contributed by atoms with Crippen LogP contribution in [0.4, 0.5) is 0 Å². The molecule has 0 aromatic carbocycles. The van der Waals surface area contributed by atoms with Crippen molar-refractivity contribution in [1.82, 2.24) is 0 Å². The largest absolute Gasteiger partial charge is 0.411 e. The minimum absolute atomic E-state index is 0.0558. The molecule has 4 heteroatoms. The highest BCUT2D eigenvalue weighted by atomic mass is 28.4. The molecule has 1 heterocycles. The average molecular weight is 274 g/mol. The van der Waals surface area contributed by atoms with Gasteiger partial charge in [-0.25, -0.2) is 0 Å². The topological polar surface area (TPSA) is 42.0 Å². The summed E-state index contributed by atoms with van der Waals surface area (Å²) in [6, 6.07) is 3.36. The van der Waals surface area contributed by atoms with Gasteiger partial charge < -0.3 is 14.3 Å². The van der Waals surface area contributed by atoms with Crippen LogP contribution in [0.15, 0.2) is 0 Å². The number of hydrogen-bond donors (Lipinski definition) is 1. The van der Waals surface area contributed by atoms with Gasteiger partial charge in [0, 0.05) is 0 Å². The minimum atomic E-state index is -1.67. The molecule has 108 valence electrons. The van der Waals surface area contributed by atoms with Crippen molar-refractivity contribution < 1.29 is 14.3 Å². The predicted octanol–water partition coefficient (Wildman–Crippen LogP) is 3.33. The second-order valence-electron chi connectivity index (χ2n) is 5.75. The van der Waals surface area contributed by atoms with Gasteiger partial charge in [-0.3, -0.25) is 0 Å². The van der Waals surface area contributed by atoms with E-state index in [4.69, 9.17) is 9.16 Å². The van der Waals surface area contributed by atoms with Gasteiger partial charge >= 0.3 is 0 Å². The molecule has 0 saturated carbocycles. The fraction of sp³-hybridized carbons (Fsp3) is 1.00. The zero-order valence-corrected chi connectivity index (χ0v) is 13.8. The molecular weight excluding hydrogens is 244 g/mol. The standard InChI is InChI=1S/C14H30O3Si/c1-7-12(14(6,15)13-11(5)16-13)17-18(8-2,9-3)10-4/h11-13,15H,7-10H2,1-6H3/t11-,12+,13+,14+/m0/s1. The molecule has 0 spiro atoms. The van der Waals surface area contributed by atoms with Crippen LogP contribution in [0.1, 0.15) is 48.0 Å². The van der Waals surface area contributed by atoms with Crippen molar-refractivity contribution in [2.45, 2.75) is 90.0 Å². The zero-order valence-electron chi connectivity index (χ0n) is 12.8. The van der Waals surface area contributed by atoms with Gasteiger partial charge in [-0.1, -0.05) is 27.7 Å². The van der Waals surface area contributed by atoms with E-state index in [2.05, 4.69) is 27.7 Å². The van der Waals surface area contributed by atoms with E-state index in [0.29, 0.717) is 0 Å². The van der Waals surface area contributed by atoms with Crippen molar-refractivity contribution in [3.63, 3.8) is 0 Å². The fourth-order valence-corrected chi connectivity index (χ4v) is 5.91. The highest BCUT2D eigenvalue weighted by Gasteiger charge is 2.54. The average Bonchev–Trinajstić information content (AvgIpc) is 3.10. The van der Waals surface area contributed by atoms with E-state index in [1.54, 1.807) is 0 Å². The van der Waals surface area contributed by atoms with E-state index in [1.807, 2.05) is 13.8 Å². The van der Waals surface area contributed by atoms with Gasteiger partial charge in [-0.15, -0.1) is 0 Å². The van der Waals surface area contributed by atoms with Crippen molar-refractivity contribution in [2.24, 2.45) is 0 Å². The van der Waals surface area contributed by atoms with Gasteiger partial charge in [0.05, 0.1) is 12.2 Å². The molecule has 0 unspecified atom stereocenters. The number of epoxide rings is 1. The van der Waals surface area contributed by atoms with Crippen molar-refractivity contribution in [3.05, 3.63) is 0 Å². The first-order valence-electron chi connectivity index (χ1n) is 7.42. The molecule has 4 atom stereocenters. The highest BCUT2D eigenvalue weighted by Crippen LogP contribution is 2.38. The highest BCUT2D eigenvalue weighted by molar-refractivity contribution is 6.73. The van der Waals surface area contributed by atoms with Gasteiger partial charge in [-0.05, 0) is 38.4 Å². The van der Waals surface area contributed by atoms with Crippen LogP contribution in [-0.4, -0.2) is 37.3 Å². The van der Waals surface area contributed by atoms with Crippen molar-refractivity contribution in [1.29, 1.82) is 0 Å². The second-order valence-corrected chi connectivity index (χ2v) is 10.5. The summed E-state index contributed by atoms with van der Waals surface area (Å²) in [6.07, 6.45) is 0.853. The van der Waals surface area contributed by atoms with Crippen molar-refractivity contribution in [3.8, 4) is 0 Å². The van der Waals surface area contributed by atoms with Gasteiger partial charge in [0.1, 0.15) is 11.7 Å². The summed E-state index contributed by atoms with van der Waals surface area (Å²) in [5.74, 6) is 0.